The van der Waals surface area contributed by atoms with Crippen LogP contribution in [0.4, 0.5) is 4.39 Å². The lowest BCUT2D eigenvalue weighted by molar-refractivity contribution is 0.0688. The number of ether oxygens (including phenoxy) is 1. The molecule has 3 rings (SSSR count). The summed E-state index contributed by atoms with van der Waals surface area (Å²) in [6.45, 7) is 0.229. The van der Waals surface area contributed by atoms with Crippen molar-refractivity contribution in [2.45, 2.75) is 6.42 Å². The number of fused-ring (bicyclic) bond motifs is 3. The summed E-state index contributed by atoms with van der Waals surface area (Å²) in [4.78, 5) is 11.2. The Morgan fingerprint density at radius 3 is 3.05 bits per heavy atom. The quantitative estimate of drug-likeness (QED) is 0.852. The number of aryl methyl sites for hydroxylation is 1. The molecule has 0 spiro atoms. The fourth-order valence-electron chi connectivity index (χ4n) is 2.41. The van der Waals surface area contributed by atoms with Crippen LogP contribution in [-0.4, -0.2) is 27.5 Å². The first-order chi connectivity index (χ1) is 9.09. The second kappa shape index (κ2) is 4.08. The van der Waals surface area contributed by atoms with Gasteiger partial charge in [-0.05, 0) is 12.1 Å². The second-order valence-corrected chi connectivity index (χ2v) is 4.32. The molecule has 0 saturated carbocycles. The molecule has 2 heterocycles. The predicted octanol–water partition coefficient (Wildman–Crippen LogP) is 1.86. The molecule has 1 N–H and O–H groups in total. The molecule has 19 heavy (non-hydrogen) atoms. The first kappa shape index (κ1) is 11.7. The van der Waals surface area contributed by atoms with Gasteiger partial charge in [0.2, 0.25) is 0 Å². The summed E-state index contributed by atoms with van der Waals surface area (Å²) in [5, 5.41) is 13.2. The molecule has 1 aliphatic rings. The number of carbonyl (C=O) groups is 1. The van der Waals surface area contributed by atoms with E-state index in [2.05, 4.69) is 5.10 Å². The third-order valence-electron chi connectivity index (χ3n) is 3.17. The van der Waals surface area contributed by atoms with Crippen LogP contribution < -0.4 is 4.74 Å². The zero-order valence-electron chi connectivity index (χ0n) is 10.2. The molecule has 98 valence electrons. The zero-order valence-corrected chi connectivity index (χ0v) is 10.2. The van der Waals surface area contributed by atoms with Crippen LogP contribution in [0.15, 0.2) is 18.2 Å². The molecule has 0 atom stereocenters. The van der Waals surface area contributed by atoms with Gasteiger partial charge >= 0.3 is 5.97 Å². The van der Waals surface area contributed by atoms with E-state index in [1.165, 1.54) is 10.7 Å². The van der Waals surface area contributed by atoms with Crippen LogP contribution >= 0.6 is 0 Å². The average molecular weight is 262 g/mol. The molecule has 1 aromatic carbocycles. The summed E-state index contributed by atoms with van der Waals surface area (Å²) in [7, 11) is 1.64. The van der Waals surface area contributed by atoms with E-state index in [0.717, 1.165) is 0 Å². The van der Waals surface area contributed by atoms with Crippen molar-refractivity contribution in [1.29, 1.82) is 0 Å². The Bertz CT molecular complexity index is 679. The molecule has 0 aliphatic carbocycles. The van der Waals surface area contributed by atoms with Gasteiger partial charge in [-0.15, -0.1) is 0 Å². The fourth-order valence-corrected chi connectivity index (χ4v) is 2.41. The summed E-state index contributed by atoms with van der Waals surface area (Å²) in [6, 6.07) is 4.59. The highest BCUT2D eigenvalue weighted by atomic mass is 19.1. The fraction of sp³-hybridized carbons (Fsp3) is 0.231. The molecule has 6 heteroatoms. The van der Waals surface area contributed by atoms with Crippen LogP contribution in [0.5, 0.6) is 5.75 Å². The number of para-hydroxylation sites is 1. The maximum absolute atomic E-state index is 13.8. The van der Waals surface area contributed by atoms with Gasteiger partial charge in [0.1, 0.15) is 0 Å². The van der Waals surface area contributed by atoms with Crippen molar-refractivity contribution in [1.82, 2.24) is 9.78 Å². The van der Waals surface area contributed by atoms with Crippen LogP contribution in [0, 0.1) is 5.82 Å². The lowest BCUT2D eigenvalue weighted by Gasteiger charge is -2.08. The SMILES string of the molecule is Cn1nc(C(=O)O)c2c1-c1cccc(F)c1OCC2. The van der Waals surface area contributed by atoms with Crippen molar-refractivity contribution in [2.75, 3.05) is 6.61 Å². The van der Waals surface area contributed by atoms with E-state index < -0.39 is 11.8 Å². The highest BCUT2D eigenvalue weighted by Crippen LogP contribution is 2.37. The Kier molecular flexibility index (Phi) is 2.51. The Morgan fingerprint density at radius 2 is 2.32 bits per heavy atom. The van der Waals surface area contributed by atoms with Gasteiger partial charge in [0.25, 0.3) is 0 Å². The van der Waals surface area contributed by atoms with E-state index in [-0.39, 0.29) is 18.1 Å². The minimum absolute atomic E-state index is 0.00166. The molecule has 2 aromatic rings. The van der Waals surface area contributed by atoms with E-state index >= 15 is 0 Å². The van der Waals surface area contributed by atoms with Crippen LogP contribution in [0.25, 0.3) is 11.3 Å². The molecule has 0 amide bonds. The standard InChI is InChI=1S/C13H11FN2O3/c1-16-11-7(10(15-16)13(17)18)5-6-19-12-8(11)3-2-4-9(12)14/h2-4H,5-6H2,1H3,(H,17,18). The minimum Gasteiger partial charge on any atom is -0.489 e. The number of carboxylic acids is 1. The van der Waals surface area contributed by atoms with Crippen molar-refractivity contribution < 1.29 is 19.0 Å². The molecule has 0 radical (unpaired) electrons. The van der Waals surface area contributed by atoms with Gasteiger partial charge in [-0.2, -0.15) is 5.10 Å². The minimum atomic E-state index is -1.09. The third-order valence-corrected chi connectivity index (χ3v) is 3.17. The highest BCUT2D eigenvalue weighted by Gasteiger charge is 2.27. The molecule has 5 nitrogen and oxygen atoms in total. The van der Waals surface area contributed by atoms with Crippen molar-refractivity contribution in [3.05, 3.63) is 35.3 Å². The zero-order chi connectivity index (χ0) is 13.6. The maximum Gasteiger partial charge on any atom is 0.356 e. The van der Waals surface area contributed by atoms with E-state index in [1.807, 2.05) is 0 Å². The molecule has 0 fully saturated rings. The first-order valence-corrected chi connectivity index (χ1v) is 5.80. The number of hydrogen-bond acceptors (Lipinski definition) is 3. The van der Waals surface area contributed by atoms with Crippen LogP contribution in [0.2, 0.25) is 0 Å². The number of carboxylic acid groups (broad SMARTS) is 1. The summed E-state index contributed by atoms with van der Waals surface area (Å²) in [5.41, 5.74) is 1.72. The van der Waals surface area contributed by atoms with E-state index in [1.54, 1.807) is 19.2 Å². The van der Waals surface area contributed by atoms with Crippen molar-refractivity contribution in [3.63, 3.8) is 0 Å². The number of halogens is 1. The number of nitrogens with zero attached hydrogens (tertiary/aromatic N) is 2. The van der Waals surface area contributed by atoms with Gasteiger partial charge in [-0.1, -0.05) is 6.07 Å². The average Bonchev–Trinajstić information content (AvgIpc) is 2.57. The predicted molar refractivity (Wildman–Crippen MR) is 64.8 cm³/mol. The summed E-state index contributed by atoms with van der Waals surface area (Å²) < 4.78 is 20.6. The second-order valence-electron chi connectivity index (χ2n) is 4.32. The monoisotopic (exact) mass is 262 g/mol. The molecule has 0 unspecified atom stereocenters. The Balaban J connectivity index is 2.33. The molecule has 1 aromatic heterocycles. The van der Waals surface area contributed by atoms with Gasteiger partial charge in [-0.25, -0.2) is 9.18 Å². The van der Waals surface area contributed by atoms with Crippen molar-refractivity contribution in [2.24, 2.45) is 7.05 Å². The topological polar surface area (TPSA) is 64.4 Å². The first-order valence-electron chi connectivity index (χ1n) is 5.80. The van der Waals surface area contributed by atoms with Crippen LogP contribution in [0.1, 0.15) is 16.1 Å². The number of aromatic carboxylic acids is 1. The molecule has 1 aliphatic heterocycles. The number of hydrogen-bond donors (Lipinski definition) is 1. The molecule has 0 saturated heterocycles. The number of benzene rings is 1. The summed E-state index contributed by atoms with van der Waals surface area (Å²) in [6.07, 6.45) is 0.388. The van der Waals surface area contributed by atoms with E-state index in [0.29, 0.717) is 23.2 Å². The van der Waals surface area contributed by atoms with Crippen molar-refractivity contribution in [3.8, 4) is 17.0 Å². The lowest BCUT2D eigenvalue weighted by Crippen LogP contribution is -2.06. The Labute approximate surface area is 108 Å². The summed E-state index contributed by atoms with van der Waals surface area (Å²) >= 11 is 0. The number of aromatic nitrogens is 2. The van der Waals surface area contributed by atoms with Gasteiger partial charge in [0.05, 0.1) is 12.3 Å². The maximum atomic E-state index is 13.8. The largest absolute Gasteiger partial charge is 0.489 e. The lowest BCUT2D eigenvalue weighted by atomic mass is 10.0. The Hall–Kier alpha value is -2.37. The highest BCUT2D eigenvalue weighted by molar-refractivity contribution is 5.90. The molecular formula is C13H11FN2O3. The van der Waals surface area contributed by atoms with Crippen LogP contribution in [0.3, 0.4) is 0 Å². The third kappa shape index (κ3) is 1.68. The van der Waals surface area contributed by atoms with Gasteiger partial charge < -0.3 is 9.84 Å². The number of rotatable bonds is 1. The van der Waals surface area contributed by atoms with Crippen molar-refractivity contribution >= 4 is 5.97 Å². The van der Waals surface area contributed by atoms with E-state index in [9.17, 15) is 9.18 Å². The van der Waals surface area contributed by atoms with Gasteiger partial charge in [0.15, 0.2) is 17.3 Å². The van der Waals surface area contributed by atoms with Gasteiger partial charge in [0, 0.05) is 24.6 Å². The van der Waals surface area contributed by atoms with Crippen LogP contribution in [-0.2, 0) is 13.5 Å². The smallest absolute Gasteiger partial charge is 0.356 e. The summed E-state index contributed by atoms with van der Waals surface area (Å²) in [5.74, 6) is -1.39. The Morgan fingerprint density at radius 1 is 1.53 bits per heavy atom. The molecule has 0 bridgehead atoms. The van der Waals surface area contributed by atoms with E-state index in [4.69, 9.17) is 9.84 Å². The molecular weight excluding hydrogens is 251 g/mol. The van der Waals surface area contributed by atoms with Gasteiger partial charge in [-0.3, -0.25) is 4.68 Å². The normalized spacial score (nSPS) is 13.2.